The SMILES string of the molecule is CCC(CC)S(=O)[O-]. The van der Waals surface area contributed by atoms with E-state index in [1.807, 2.05) is 13.8 Å². The van der Waals surface area contributed by atoms with Crippen LogP contribution in [0.3, 0.4) is 0 Å². The maximum Gasteiger partial charge on any atom is 0.0210 e. The molecule has 0 aliphatic heterocycles. The van der Waals surface area contributed by atoms with Crippen LogP contribution >= 0.6 is 0 Å². The van der Waals surface area contributed by atoms with Crippen molar-refractivity contribution in [1.82, 2.24) is 0 Å². The van der Waals surface area contributed by atoms with E-state index in [1.165, 1.54) is 0 Å². The standard InChI is InChI=1S/C5H12O2S/c1-3-5(4-2)8(6)7/h5H,3-4H2,1-2H3,(H,6,7)/p-1. The first-order valence-corrected chi connectivity index (χ1v) is 3.94. The van der Waals surface area contributed by atoms with Gasteiger partial charge in [0.1, 0.15) is 0 Å². The highest BCUT2D eigenvalue weighted by Gasteiger charge is 2.00. The van der Waals surface area contributed by atoms with Crippen molar-refractivity contribution in [2.75, 3.05) is 0 Å². The average Bonchev–Trinajstić information content (AvgIpc) is 1.69. The molecule has 0 aliphatic carbocycles. The van der Waals surface area contributed by atoms with Crippen LogP contribution in [0.2, 0.25) is 0 Å². The maximum absolute atomic E-state index is 10.2. The Morgan fingerprint density at radius 1 is 1.50 bits per heavy atom. The lowest BCUT2D eigenvalue weighted by Crippen LogP contribution is -2.11. The minimum Gasteiger partial charge on any atom is -0.772 e. The molecule has 2 nitrogen and oxygen atoms in total. The molecule has 0 saturated carbocycles. The van der Waals surface area contributed by atoms with Crippen LogP contribution in [0.4, 0.5) is 0 Å². The Labute approximate surface area is 52.6 Å². The van der Waals surface area contributed by atoms with Gasteiger partial charge in [-0.25, -0.2) is 0 Å². The predicted octanol–water partition coefficient (Wildman–Crippen LogP) is 1.05. The van der Waals surface area contributed by atoms with Gasteiger partial charge < -0.3 is 4.55 Å². The van der Waals surface area contributed by atoms with E-state index in [0.29, 0.717) is 0 Å². The van der Waals surface area contributed by atoms with Crippen LogP contribution in [0, 0.1) is 0 Å². The van der Waals surface area contributed by atoms with Gasteiger partial charge >= 0.3 is 0 Å². The van der Waals surface area contributed by atoms with Crippen LogP contribution < -0.4 is 0 Å². The molecule has 0 radical (unpaired) electrons. The van der Waals surface area contributed by atoms with Gasteiger partial charge in [0.05, 0.1) is 0 Å². The van der Waals surface area contributed by atoms with Gasteiger partial charge in [-0.15, -0.1) is 0 Å². The van der Waals surface area contributed by atoms with Crippen LogP contribution in [0.15, 0.2) is 0 Å². The van der Waals surface area contributed by atoms with E-state index in [9.17, 15) is 8.76 Å². The molecule has 1 atom stereocenters. The third-order valence-electron chi connectivity index (χ3n) is 1.18. The smallest absolute Gasteiger partial charge is 0.0210 e. The van der Waals surface area contributed by atoms with E-state index in [-0.39, 0.29) is 5.25 Å². The molecule has 0 amide bonds. The molecule has 0 fully saturated rings. The van der Waals surface area contributed by atoms with Gasteiger partial charge in [0.2, 0.25) is 0 Å². The molecular weight excluding hydrogens is 124 g/mol. The van der Waals surface area contributed by atoms with Gasteiger partial charge in [-0.1, -0.05) is 24.9 Å². The average molecular weight is 135 g/mol. The minimum atomic E-state index is -1.85. The highest BCUT2D eigenvalue weighted by molar-refractivity contribution is 7.79. The summed E-state index contributed by atoms with van der Waals surface area (Å²) in [6, 6.07) is 0. The van der Waals surface area contributed by atoms with Gasteiger partial charge in [-0.2, -0.15) is 0 Å². The molecule has 0 aromatic heterocycles. The fourth-order valence-electron chi connectivity index (χ4n) is 0.561. The van der Waals surface area contributed by atoms with Crippen LogP contribution in [0.1, 0.15) is 26.7 Å². The summed E-state index contributed by atoms with van der Waals surface area (Å²) in [5.74, 6) is 0. The molecule has 0 spiro atoms. The van der Waals surface area contributed by atoms with E-state index in [4.69, 9.17) is 0 Å². The number of hydrogen-bond acceptors (Lipinski definition) is 2. The predicted molar refractivity (Wildman–Crippen MR) is 33.3 cm³/mol. The molecule has 8 heavy (non-hydrogen) atoms. The van der Waals surface area contributed by atoms with Crippen molar-refractivity contribution in [2.45, 2.75) is 31.9 Å². The lowest BCUT2D eigenvalue weighted by atomic mass is 10.3. The minimum absolute atomic E-state index is 0.130. The summed E-state index contributed by atoms with van der Waals surface area (Å²) in [5.41, 5.74) is 0. The summed E-state index contributed by atoms with van der Waals surface area (Å²) in [7, 11) is 0. The van der Waals surface area contributed by atoms with Crippen LogP contribution in [-0.2, 0) is 11.1 Å². The largest absolute Gasteiger partial charge is 0.772 e. The van der Waals surface area contributed by atoms with Crippen molar-refractivity contribution >= 4 is 11.1 Å². The molecule has 1 unspecified atom stereocenters. The molecule has 0 N–H and O–H groups in total. The lowest BCUT2D eigenvalue weighted by Gasteiger charge is -2.14. The maximum atomic E-state index is 10.2. The molecule has 0 heterocycles. The second kappa shape index (κ2) is 4.04. The van der Waals surface area contributed by atoms with Gasteiger partial charge in [-0.3, -0.25) is 4.21 Å². The van der Waals surface area contributed by atoms with Crippen molar-refractivity contribution < 1.29 is 8.76 Å². The Morgan fingerprint density at radius 3 is 1.88 bits per heavy atom. The molecule has 0 rings (SSSR count). The first kappa shape index (κ1) is 8.11. The van der Waals surface area contributed by atoms with E-state index in [0.717, 1.165) is 12.8 Å². The first-order chi connectivity index (χ1) is 3.72. The van der Waals surface area contributed by atoms with Crippen molar-refractivity contribution in [3.8, 4) is 0 Å². The van der Waals surface area contributed by atoms with Crippen molar-refractivity contribution in [3.05, 3.63) is 0 Å². The zero-order valence-electron chi connectivity index (χ0n) is 5.22. The summed E-state index contributed by atoms with van der Waals surface area (Å²) in [6.45, 7) is 3.76. The van der Waals surface area contributed by atoms with Gasteiger partial charge in [-0.05, 0) is 12.8 Å². The summed E-state index contributed by atoms with van der Waals surface area (Å²) < 4.78 is 20.3. The van der Waals surface area contributed by atoms with Crippen LogP contribution in [0.5, 0.6) is 0 Å². The first-order valence-electron chi connectivity index (χ1n) is 2.80. The van der Waals surface area contributed by atoms with E-state index < -0.39 is 11.1 Å². The summed E-state index contributed by atoms with van der Waals surface area (Å²) in [5, 5.41) is -0.130. The lowest BCUT2D eigenvalue weighted by molar-refractivity contribution is 0.515. The third kappa shape index (κ3) is 2.43. The molecular formula is C5H11O2S-. The third-order valence-corrected chi connectivity index (χ3v) is 2.39. The van der Waals surface area contributed by atoms with Crippen molar-refractivity contribution in [2.24, 2.45) is 0 Å². The van der Waals surface area contributed by atoms with E-state index >= 15 is 0 Å². The second-order valence-electron chi connectivity index (χ2n) is 1.70. The fourth-order valence-corrected chi connectivity index (χ4v) is 1.11. The quantitative estimate of drug-likeness (QED) is 0.543. The fraction of sp³-hybridized carbons (Fsp3) is 1.00. The molecule has 0 aromatic rings. The van der Waals surface area contributed by atoms with Crippen molar-refractivity contribution in [3.63, 3.8) is 0 Å². The summed E-state index contributed by atoms with van der Waals surface area (Å²) >= 11 is -1.85. The van der Waals surface area contributed by atoms with Crippen LogP contribution in [0.25, 0.3) is 0 Å². The Morgan fingerprint density at radius 2 is 1.88 bits per heavy atom. The molecule has 50 valence electrons. The van der Waals surface area contributed by atoms with Crippen molar-refractivity contribution in [1.29, 1.82) is 0 Å². The molecule has 0 saturated heterocycles. The highest BCUT2D eigenvalue weighted by atomic mass is 32.2. The Balaban J connectivity index is 3.52. The monoisotopic (exact) mass is 135 g/mol. The van der Waals surface area contributed by atoms with Gasteiger partial charge in [0.25, 0.3) is 0 Å². The topological polar surface area (TPSA) is 40.1 Å². The Kier molecular flexibility index (Phi) is 4.09. The molecule has 0 bridgehead atoms. The molecule has 0 aliphatic rings. The zero-order chi connectivity index (χ0) is 6.57. The van der Waals surface area contributed by atoms with Gasteiger partial charge in [0, 0.05) is 5.25 Å². The molecule has 3 heteroatoms. The summed E-state index contributed by atoms with van der Waals surface area (Å²) in [6.07, 6.45) is 1.46. The zero-order valence-corrected chi connectivity index (χ0v) is 6.03. The van der Waals surface area contributed by atoms with E-state index in [2.05, 4.69) is 0 Å². The van der Waals surface area contributed by atoms with E-state index in [1.54, 1.807) is 0 Å². The number of rotatable bonds is 3. The Bertz CT molecular complexity index is 78.5. The normalized spacial score (nSPS) is 14.5. The number of hydrogen-bond donors (Lipinski definition) is 0. The summed E-state index contributed by atoms with van der Waals surface area (Å²) in [4.78, 5) is 0. The van der Waals surface area contributed by atoms with Gasteiger partial charge in [0.15, 0.2) is 0 Å². The molecule has 0 aromatic carbocycles. The highest BCUT2D eigenvalue weighted by Crippen LogP contribution is 2.02. The Hall–Kier alpha value is 0.110. The second-order valence-corrected chi connectivity index (χ2v) is 2.89. The van der Waals surface area contributed by atoms with Crippen LogP contribution in [-0.4, -0.2) is 14.0 Å².